The quantitative estimate of drug-likeness (QED) is 0.544. The molecule has 0 spiro atoms. The van der Waals surface area contributed by atoms with E-state index in [0.717, 1.165) is 51.3 Å². The van der Waals surface area contributed by atoms with Crippen LogP contribution >= 0.6 is 0 Å². The molecule has 0 amide bonds. The summed E-state index contributed by atoms with van der Waals surface area (Å²) in [6.07, 6.45) is 3.93. The molecule has 1 saturated carbocycles. The monoisotopic (exact) mass is 358 g/mol. The minimum absolute atomic E-state index is 0.593. The van der Waals surface area contributed by atoms with Crippen molar-refractivity contribution in [1.82, 2.24) is 15.1 Å². The van der Waals surface area contributed by atoms with Crippen LogP contribution in [0.15, 0.2) is 35.3 Å². The summed E-state index contributed by atoms with van der Waals surface area (Å²) in [5.74, 6) is 1.64. The van der Waals surface area contributed by atoms with Gasteiger partial charge in [-0.1, -0.05) is 37.3 Å². The number of likely N-dealkylation sites (tertiary alicyclic amines) is 1. The number of nitrogens with one attached hydrogen (secondary N) is 1. The summed E-state index contributed by atoms with van der Waals surface area (Å²) in [6.45, 7) is 9.13. The van der Waals surface area contributed by atoms with Crippen LogP contribution in [0, 0.1) is 5.92 Å². The third-order valence-electron chi connectivity index (χ3n) is 5.41. The molecule has 0 bridgehead atoms. The molecular weight excluding hydrogens is 324 g/mol. The van der Waals surface area contributed by atoms with E-state index in [0.29, 0.717) is 12.5 Å². The van der Waals surface area contributed by atoms with Gasteiger partial charge in [0, 0.05) is 45.2 Å². The Kier molecular flexibility index (Phi) is 7.32. The molecule has 1 aromatic rings. The second-order valence-electron chi connectivity index (χ2n) is 7.44. The molecular formula is C21H34N4O. The summed E-state index contributed by atoms with van der Waals surface area (Å²) >= 11 is 0. The van der Waals surface area contributed by atoms with Crippen molar-refractivity contribution in [1.29, 1.82) is 0 Å². The van der Waals surface area contributed by atoms with Gasteiger partial charge in [0.1, 0.15) is 0 Å². The van der Waals surface area contributed by atoms with Crippen molar-refractivity contribution in [3.05, 3.63) is 35.9 Å². The zero-order valence-electron chi connectivity index (χ0n) is 16.4. The topological polar surface area (TPSA) is 40.1 Å². The zero-order valence-corrected chi connectivity index (χ0v) is 16.4. The Bertz CT molecular complexity index is 558. The first-order valence-corrected chi connectivity index (χ1v) is 10.1. The van der Waals surface area contributed by atoms with Crippen molar-refractivity contribution in [3.8, 4) is 0 Å². The number of nitrogens with zero attached hydrogens (tertiary/aromatic N) is 3. The van der Waals surface area contributed by atoms with Gasteiger partial charge in [-0.15, -0.1) is 0 Å². The van der Waals surface area contributed by atoms with Gasteiger partial charge in [-0.05, 0) is 31.4 Å². The van der Waals surface area contributed by atoms with Crippen molar-refractivity contribution >= 4 is 5.96 Å². The van der Waals surface area contributed by atoms with Gasteiger partial charge < -0.3 is 15.0 Å². The fourth-order valence-electron chi connectivity index (χ4n) is 3.76. The average Bonchev–Trinajstić information content (AvgIpc) is 3.41. The minimum Gasteiger partial charge on any atom is -0.376 e. The first kappa shape index (κ1) is 19.2. The number of benzene rings is 1. The maximum absolute atomic E-state index is 5.93. The molecule has 5 heteroatoms. The lowest BCUT2D eigenvalue weighted by Gasteiger charge is -2.24. The van der Waals surface area contributed by atoms with Crippen LogP contribution in [0.2, 0.25) is 0 Å². The van der Waals surface area contributed by atoms with Crippen LogP contribution in [0.25, 0.3) is 0 Å². The molecule has 1 aliphatic carbocycles. The van der Waals surface area contributed by atoms with Crippen molar-refractivity contribution < 1.29 is 4.74 Å². The van der Waals surface area contributed by atoms with E-state index < -0.39 is 0 Å². The molecule has 1 N–H and O–H groups in total. The van der Waals surface area contributed by atoms with Crippen molar-refractivity contribution in [2.24, 2.45) is 10.9 Å². The van der Waals surface area contributed by atoms with E-state index in [1.807, 2.05) is 13.1 Å². The van der Waals surface area contributed by atoms with E-state index in [-0.39, 0.29) is 0 Å². The molecule has 1 heterocycles. The van der Waals surface area contributed by atoms with Crippen LogP contribution in [0.4, 0.5) is 0 Å². The number of aliphatic imine (C=N–C) groups is 1. The van der Waals surface area contributed by atoms with Crippen LogP contribution in [-0.2, 0) is 11.3 Å². The number of ether oxygens (including phenoxy) is 1. The zero-order chi connectivity index (χ0) is 18.2. The van der Waals surface area contributed by atoms with Crippen LogP contribution in [-0.4, -0.2) is 68.2 Å². The normalized spacial score (nSPS) is 20.8. The highest BCUT2D eigenvalue weighted by Gasteiger charge is 2.28. The fourth-order valence-corrected chi connectivity index (χ4v) is 3.76. The maximum Gasteiger partial charge on any atom is 0.193 e. The highest BCUT2D eigenvalue weighted by atomic mass is 16.5. The van der Waals surface area contributed by atoms with Gasteiger partial charge in [0.25, 0.3) is 0 Å². The maximum atomic E-state index is 5.93. The second-order valence-corrected chi connectivity index (χ2v) is 7.44. The molecule has 2 aliphatic rings. The molecule has 0 radical (unpaired) electrons. The molecule has 3 rings (SSSR count). The largest absolute Gasteiger partial charge is 0.376 e. The van der Waals surface area contributed by atoms with Crippen molar-refractivity contribution in [3.63, 3.8) is 0 Å². The highest BCUT2D eigenvalue weighted by molar-refractivity contribution is 5.80. The molecule has 1 atom stereocenters. The third-order valence-corrected chi connectivity index (χ3v) is 5.41. The molecule has 1 aromatic carbocycles. The number of likely N-dealkylation sites (N-methyl/N-ethyl adjacent to an activating group) is 1. The summed E-state index contributed by atoms with van der Waals surface area (Å²) < 4.78 is 5.93. The Balaban J connectivity index is 1.34. The van der Waals surface area contributed by atoms with E-state index >= 15 is 0 Å². The second kappa shape index (κ2) is 9.93. The SMILES string of the molecule is CCN(CCNC(=NC)N1CCC(COCc2ccccc2)C1)C1CC1. The summed E-state index contributed by atoms with van der Waals surface area (Å²) in [6, 6.07) is 11.2. The molecule has 1 unspecified atom stereocenters. The van der Waals surface area contributed by atoms with E-state index in [2.05, 4.69) is 51.3 Å². The van der Waals surface area contributed by atoms with Crippen LogP contribution < -0.4 is 5.32 Å². The van der Waals surface area contributed by atoms with E-state index in [4.69, 9.17) is 4.74 Å². The first-order valence-electron chi connectivity index (χ1n) is 10.1. The van der Waals surface area contributed by atoms with E-state index in [9.17, 15) is 0 Å². The fraction of sp³-hybridized carbons (Fsp3) is 0.667. The van der Waals surface area contributed by atoms with Crippen LogP contribution in [0.5, 0.6) is 0 Å². The van der Waals surface area contributed by atoms with E-state index in [1.165, 1.54) is 24.8 Å². The van der Waals surface area contributed by atoms with E-state index in [1.54, 1.807) is 0 Å². The number of hydrogen-bond acceptors (Lipinski definition) is 3. The van der Waals surface area contributed by atoms with Crippen molar-refractivity contribution in [2.45, 2.75) is 38.8 Å². The molecule has 2 fully saturated rings. The minimum atomic E-state index is 0.593. The van der Waals surface area contributed by atoms with Gasteiger partial charge in [-0.3, -0.25) is 9.89 Å². The lowest BCUT2D eigenvalue weighted by Crippen LogP contribution is -2.43. The molecule has 144 valence electrons. The summed E-state index contributed by atoms with van der Waals surface area (Å²) in [5.41, 5.74) is 1.25. The van der Waals surface area contributed by atoms with Gasteiger partial charge >= 0.3 is 0 Å². The Morgan fingerprint density at radius 3 is 2.77 bits per heavy atom. The smallest absolute Gasteiger partial charge is 0.193 e. The molecule has 1 aliphatic heterocycles. The average molecular weight is 359 g/mol. The molecule has 0 aromatic heterocycles. The Hall–Kier alpha value is -1.59. The first-order chi connectivity index (χ1) is 12.8. The summed E-state index contributed by atoms with van der Waals surface area (Å²) in [7, 11) is 1.89. The number of guanidine groups is 1. The van der Waals surface area contributed by atoms with Crippen LogP contribution in [0.1, 0.15) is 31.7 Å². The Morgan fingerprint density at radius 2 is 2.08 bits per heavy atom. The van der Waals surface area contributed by atoms with Gasteiger partial charge in [0.2, 0.25) is 0 Å². The van der Waals surface area contributed by atoms with Crippen LogP contribution in [0.3, 0.4) is 0 Å². The Labute approximate surface area is 158 Å². The molecule has 26 heavy (non-hydrogen) atoms. The summed E-state index contributed by atoms with van der Waals surface area (Å²) in [4.78, 5) is 9.44. The standard InChI is InChI=1S/C21H34N4O/c1-3-24(20-9-10-20)14-12-23-21(22-2)25-13-11-19(15-25)17-26-16-18-7-5-4-6-8-18/h4-8,19-20H,3,9-17H2,1-2H3,(H,22,23). The van der Waals surface area contributed by atoms with Crippen molar-refractivity contribution in [2.75, 3.05) is 46.4 Å². The highest BCUT2D eigenvalue weighted by Crippen LogP contribution is 2.25. The van der Waals surface area contributed by atoms with Gasteiger partial charge in [-0.25, -0.2) is 0 Å². The lowest BCUT2D eigenvalue weighted by molar-refractivity contribution is 0.0906. The number of hydrogen-bond donors (Lipinski definition) is 1. The number of rotatable bonds is 9. The summed E-state index contributed by atoms with van der Waals surface area (Å²) in [5, 5.41) is 3.55. The molecule has 1 saturated heterocycles. The van der Waals surface area contributed by atoms with Gasteiger partial charge in [-0.2, -0.15) is 0 Å². The molecule has 5 nitrogen and oxygen atoms in total. The van der Waals surface area contributed by atoms with Gasteiger partial charge in [0.05, 0.1) is 13.2 Å². The predicted molar refractivity (Wildman–Crippen MR) is 107 cm³/mol. The lowest BCUT2D eigenvalue weighted by atomic mass is 10.1. The van der Waals surface area contributed by atoms with Gasteiger partial charge in [0.15, 0.2) is 5.96 Å². The third kappa shape index (κ3) is 5.71. The Morgan fingerprint density at radius 1 is 1.27 bits per heavy atom. The predicted octanol–water partition coefficient (Wildman–Crippen LogP) is 2.58.